The second-order valence-electron chi connectivity index (χ2n) is 5.16. The van der Waals surface area contributed by atoms with Gasteiger partial charge in [0.2, 0.25) is 0 Å². The van der Waals surface area contributed by atoms with Crippen LogP contribution >= 0.6 is 11.3 Å². The normalized spacial score (nSPS) is 13.2. The van der Waals surface area contributed by atoms with Crippen LogP contribution in [0.2, 0.25) is 0 Å². The molecule has 1 aromatic rings. The highest BCUT2D eigenvalue weighted by molar-refractivity contribution is 7.11. The summed E-state index contributed by atoms with van der Waals surface area (Å²) >= 11 is 1.99. The van der Waals surface area contributed by atoms with Crippen LogP contribution in [-0.4, -0.2) is 13.1 Å². The number of likely N-dealkylation sites (N-methyl/N-ethyl adjacent to an activating group) is 1. The van der Waals surface area contributed by atoms with E-state index in [1.54, 1.807) is 4.88 Å². The molecular formula is C16H29NS. The third-order valence-electron chi connectivity index (χ3n) is 3.75. The minimum atomic E-state index is 0.647. The van der Waals surface area contributed by atoms with Gasteiger partial charge in [0.1, 0.15) is 0 Å². The van der Waals surface area contributed by atoms with Crippen LogP contribution in [0.15, 0.2) is 12.1 Å². The topological polar surface area (TPSA) is 12.0 Å². The second-order valence-corrected chi connectivity index (χ2v) is 6.41. The van der Waals surface area contributed by atoms with Crippen molar-refractivity contribution >= 4 is 11.3 Å². The van der Waals surface area contributed by atoms with Crippen molar-refractivity contribution in [1.29, 1.82) is 0 Å². The minimum absolute atomic E-state index is 0.647. The smallest absolute Gasteiger partial charge is 0.0141 e. The molecule has 0 saturated carbocycles. The van der Waals surface area contributed by atoms with Crippen molar-refractivity contribution < 1.29 is 0 Å². The van der Waals surface area contributed by atoms with Crippen LogP contribution in [0.3, 0.4) is 0 Å². The van der Waals surface area contributed by atoms with E-state index in [0.717, 1.165) is 5.92 Å². The quantitative estimate of drug-likeness (QED) is 0.686. The van der Waals surface area contributed by atoms with Gasteiger partial charge in [-0.3, -0.25) is 0 Å². The minimum Gasteiger partial charge on any atom is -0.316 e. The largest absolute Gasteiger partial charge is 0.316 e. The van der Waals surface area contributed by atoms with Crippen molar-refractivity contribution in [2.75, 3.05) is 7.05 Å². The van der Waals surface area contributed by atoms with E-state index in [9.17, 15) is 0 Å². The van der Waals surface area contributed by atoms with Gasteiger partial charge in [-0.2, -0.15) is 0 Å². The van der Waals surface area contributed by atoms with Gasteiger partial charge in [0.15, 0.2) is 0 Å². The van der Waals surface area contributed by atoms with Crippen LogP contribution < -0.4 is 5.32 Å². The lowest BCUT2D eigenvalue weighted by molar-refractivity contribution is 0.324. The van der Waals surface area contributed by atoms with Gasteiger partial charge in [0.25, 0.3) is 0 Å². The number of nitrogens with one attached hydrogen (secondary N) is 1. The maximum absolute atomic E-state index is 3.55. The maximum Gasteiger partial charge on any atom is 0.0141 e. The molecular weight excluding hydrogens is 238 g/mol. The lowest BCUT2D eigenvalue weighted by Crippen LogP contribution is -2.35. The van der Waals surface area contributed by atoms with Gasteiger partial charge >= 0.3 is 0 Å². The van der Waals surface area contributed by atoms with Gasteiger partial charge in [-0.05, 0) is 50.8 Å². The molecule has 2 heteroatoms. The lowest BCUT2D eigenvalue weighted by atomic mass is 9.88. The first-order valence-corrected chi connectivity index (χ1v) is 8.31. The molecule has 104 valence electrons. The van der Waals surface area contributed by atoms with Crippen molar-refractivity contribution in [3.63, 3.8) is 0 Å². The fourth-order valence-electron chi connectivity index (χ4n) is 2.73. The Balaban J connectivity index is 2.62. The van der Waals surface area contributed by atoms with Crippen molar-refractivity contribution in [3.8, 4) is 0 Å². The van der Waals surface area contributed by atoms with E-state index >= 15 is 0 Å². The van der Waals surface area contributed by atoms with Gasteiger partial charge in [-0.25, -0.2) is 0 Å². The molecule has 1 unspecified atom stereocenters. The van der Waals surface area contributed by atoms with E-state index in [2.05, 4.69) is 45.3 Å². The maximum atomic E-state index is 3.55. The molecule has 0 bridgehead atoms. The number of aryl methyl sites for hydroxylation is 1. The zero-order valence-corrected chi connectivity index (χ0v) is 13.3. The summed E-state index contributed by atoms with van der Waals surface area (Å²) in [6.45, 7) is 6.84. The van der Waals surface area contributed by atoms with Crippen LogP contribution in [0.1, 0.15) is 56.2 Å². The molecule has 1 rings (SSSR count). The predicted molar refractivity (Wildman–Crippen MR) is 83.6 cm³/mol. The average molecular weight is 267 g/mol. The zero-order valence-electron chi connectivity index (χ0n) is 12.5. The highest BCUT2D eigenvalue weighted by atomic mass is 32.1. The summed E-state index contributed by atoms with van der Waals surface area (Å²) in [6, 6.07) is 5.26. The van der Waals surface area contributed by atoms with Crippen LogP contribution in [0.5, 0.6) is 0 Å². The average Bonchev–Trinajstić information content (AvgIpc) is 2.83. The summed E-state index contributed by atoms with van der Waals surface area (Å²) in [5.41, 5.74) is 0. The van der Waals surface area contributed by atoms with E-state index in [4.69, 9.17) is 0 Å². The molecule has 0 radical (unpaired) electrons. The molecule has 1 heterocycles. The molecule has 0 saturated heterocycles. The van der Waals surface area contributed by atoms with Crippen LogP contribution in [0, 0.1) is 5.92 Å². The Morgan fingerprint density at radius 3 is 2.11 bits per heavy atom. The summed E-state index contributed by atoms with van der Waals surface area (Å²) < 4.78 is 0. The van der Waals surface area contributed by atoms with Crippen LogP contribution in [0.4, 0.5) is 0 Å². The van der Waals surface area contributed by atoms with E-state index < -0.39 is 0 Å². The van der Waals surface area contributed by atoms with Gasteiger partial charge in [-0.1, -0.05) is 33.6 Å². The molecule has 0 spiro atoms. The van der Waals surface area contributed by atoms with Gasteiger partial charge in [-0.15, -0.1) is 11.3 Å². The first-order chi connectivity index (χ1) is 8.74. The zero-order chi connectivity index (χ0) is 13.4. The molecule has 0 amide bonds. The summed E-state index contributed by atoms with van der Waals surface area (Å²) in [6.07, 6.45) is 7.67. The van der Waals surface area contributed by atoms with Crippen LogP contribution in [0.25, 0.3) is 0 Å². The Labute approximate surface area is 117 Å². The highest BCUT2D eigenvalue weighted by Gasteiger charge is 2.19. The fourth-order valence-corrected chi connectivity index (χ4v) is 3.75. The first kappa shape index (κ1) is 15.7. The molecule has 0 aromatic carbocycles. The van der Waals surface area contributed by atoms with Crippen molar-refractivity contribution in [2.45, 2.75) is 65.3 Å². The Kier molecular flexibility index (Phi) is 7.60. The van der Waals surface area contributed by atoms with Crippen LogP contribution in [-0.2, 0) is 12.8 Å². The standard InChI is InChI=1S/C16H29NS/c1-5-8-13(9-6-2)16(17-4)12-15-11-10-14(7-3)18-15/h10-11,13,16-17H,5-9,12H2,1-4H3. The Morgan fingerprint density at radius 2 is 1.67 bits per heavy atom. The van der Waals surface area contributed by atoms with Gasteiger partial charge < -0.3 is 5.32 Å². The van der Waals surface area contributed by atoms with E-state index in [1.165, 1.54) is 43.4 Å². The Morgan fingerprint density at radius 1 is 1.06 bits per heavy atom. The molecule has 18 heavy (non-hydrogen) atoms. The predicted octanol–water partition coefficient (Wildman–Crippen LogP) is 4.66. The number of hydrogen-bond donors (Lipinski definition) is 1. The SMILES string of the molecule is CCCC(CCC)C(Cc1ccc(CC)s1)NC. The van der Waals surface area contributed by atoms with E-state index in [-0.39, 0.29) is 0 Å². The summed E-state index contributed by atoms with van der Waals surface area (Å²) in [5.74, 6) is 0.831. The molecule has 0 aliphatic heterocycles. The third kappa shape index (κ3) is 4.74. The molecule has 0 aliphatic carbocycles. The van der Waals surface area contributed by atoms with E-state index in [0.29, 0.717) is 6.04 Å². The second kappa shape index (κ2) is 8.71. The monoisotopic (exact) mass is 267 g/mol. The molecule has 1 N–H and O–H groups in total. The molecule has 0 fully saturated rings. The molecule has 1 aromatic heterocycles. The molecule has 0 aliphatic rings. The first-order valence-electron chi connectivity index (χ1n) is 7.49. The lowest BCUT2D eigenvalue weighted by Gasteiger charge is -2.26. The number of thiophene rings is 1. The number of rotatable bonds is 9. The summed E-state index contributed by atoms with van der Waals surface area (Å²) in [7, 11) is 2.12. The van der Waals surface area contributed by atoms with Crippen molar-refractivity contribution in [1.82, 2.24) is 5.32 Å². The highest BCUT2D eigenvalue weighted by Crippen LogP contribution is 2.24. The fraction of sp³-hybridized carbons (Fsp3) is 0.750. The molecule has 1 nitrogen and oxygen atoms in total. The van der Waals surface area contributed by atoms with Gasteiger partial charge in [0.05, 0.1) is 0 Å². The number of hydrogen-bond acceptors (Lipinski definition) is 2. The summed E-state index contributed by atoms with van der Waals surface area (Å²) in [4.78, 5) is 3.06. The molecule has 1 atom stereocenters. The van der Waals surface area contributed by atoms with Crippen molar-refractivity contribution in [3.05, 3.63) is 21.9 Å². The van der Waals surface area contributed by atoms with Gasteiger partial charge in [0, 0.05) is 15.8 Å². The summed E-state index contributed by atoms with van der Waals surface area (Å²) in [5, 5.41) is 3.55. The Hall–Kier alpha value is -0.340. The Bertz CT molecular complexity index is 313. The van der Waals surface area contributed by atoms with Crippen molar-refractivity contribution in [2.24, 2.45) is 5.92 Å². The third-order valence-corrected chi connectivity index (χ3v) is 5.00. The van der Waals surface area contributed by atoms with E-state index in [1.807, 2.05) is 11.3 Å².